The van der Waals surface area contributed by atoms with E-state index >= 15 is 0 Å². The van der Waals surface area contributed by atoms with Crippen LogP contribution in [0.3, 0.4) is 0 Å². The molecule has 1 aliphatic carbocycles. The molecule has 5 heteroatoms. The Balaban J connectivity index is 1.17. The fourth-order valence-electron chi connectivity index (χ4n) is 13.5. The highest BCUT2D eigenvalue weighted by Gasteiger charge is 2.49. The Kier molecular flexibility index (Phi) is 12.3. The Labute approximate surface area is 484 Å². The lowest BCUT2D eigenvalue weighted by atomic mass is 9.33. The van der Waals surface area contributed by atoms with Crippen LogP contribution >= 0.6 is 10.0 Å². The maximum Gasteiger partial charge on any atom is 0.257 e. The Morgan fingerprint density at radius 2 is 0.864 bits per heavy atom. The molecule has 10 aromatic rings. The largest absolute Gasteiger partial charge is 0.440 e. The molecular formula is C76H77BN2OS. The Morgan fingerprint density at radius 3 is 1.37 bits per heavy atom. The summed E-state index contributed by atoms with van der Waals surface area (Å²) >= 11 is 0. The van der Waals surface area contributed by atoms with Crippen molar-refractivity contribution in [3.63, 3.8) is 0 Å². The minimum absolute atomic E-state index is 0.00758. The third-order valence-electron chi connectivity index (χ3n) is 18.3. The predicted octanol–water partition coefficient (Wildman–Crippen LogP) is 19.8. The smallest absolute Gasteiger partial charge is 0.257 e. The van der Waals surface area contributed by atoms with Crippen molar-refractivity contribution in [3.05, 3.63) is 234 Å². The van der Waals surface area contributed by atoms with Gasteiger partial charge in [0.25, 0.3) is 6.71 Å². The summed E-state index contributed by atoms with van der Waals surface area (Å²) in [5, 5.41) is 1.18. The average molecular weight is 1080 g/mol. The summed E-state index contributed by atoms with van der Waals surface area (Å²) in [6.07, 6.45) is 2.26. The van der Waals surface area contributed by atoms with Crippen molar-refractivity contribution >= 4 is 78.4 Å². The SMILES string of the molecule is CC(C)(C)c1ccc(N2c3cc4c(cc3B3c5c2cc(-c2cccc(S(c6ccccc6)(c6ccccc6)c6ccccc6)c2)cc5N(c2ccc(C(C)(C)C)cc2)c2oc5ccc(C(C)(C)C)cc5c23)C(C)(C)CCC4(C)C)cc1. The molecule has 0 fully saturated rings. The fourth-order valence-corrected chi connectivity index (χ4v) is 17.4. The standard InChI is InChI=1S/C76H77BN2OS/c1-72(2,3)52-32-37-55(38-33-52)78-65-49-63-62(75(10,11)42-43-76(63,12)13)48-64(65)77-69-61-47-54(74(7,8)9)36-41-68(61)80-71(69)79(56-39-34-53(35-40-56)73(4,5)6)67-46-51(45-66(78)70(67)77)50-24-23-31-60(44-50)81(57-25-17-14-18-26-57,58-27-19-15-20-28-58)59-29-21-16-22-30-59/h14-41,44-49H,42-43H2,1-13H3. The molecule has 13 rings (SSSR count). The van der Waals surface area contributed by atoms with Crippen molar-refractivity contribution in [1.82, 2.24) is 0 Å². The summed E-state index contributed by atoms with van der Waals surface area (Å²) in [7, 11) is -1.99. The molecule has 0 saturated heterocycles. The Bertz CT molecular complexity index is 3940. The zero-order valence-corrected chi connectivity index (χ0v) is 50.6. The molecule has 0 spiro atoms. The van der Waals surface area contributed by atoms with Crippen LogP contribution < -0.4 is 26.2 Å². The van der Waals surface area contributed by atoms with Gasteiger partial charge in [0.05, 0.1) is 0 Å². The van der Waals surface area contributed by atoms with Crippen molar-refractivity contribution in [3.8, 4) is 11.1 Å². The van der Waals surface area contributed by atoms with Crippen molar-refractivity contribution in [2.75, 3.05) is 9.80 Å². The van der Waals surface area contributed by atoms with Gasteiger partial charge in [-0.3, -0.25) is 4.90 Å². The van der Waals surface area contributed by atoms with Gasteiger partial charge in [-0.25, -0.2) is 0 Å². The zero-order valence-electron chi connectivity index (χ0n) is 49.8. The van der Waals surface area contributed by atoms with Gasteiger partial charge in [0.15, 0.2) is 0 Å². The lowest BCUT2D eigenvalue weighted by Gasteiger charge is -2.47. The number of rotatable bonds is 7. The third kappa shape index (κ3) is 8.63. The first kappa shape index (κ1) is 52.9. The second kappa shape index (κ2) is 18.8. The van der Waals surface area contributed by atoms with Crippen LogP contribution in [-0.4, -0.2) is 6.71 Å². The molecule has 0 unspecified atom stereocenters. The van der Waals surface area contributed by atoms with Crippen LogP contribution in [0.5, 0.6) is 0 Å². The van der Waals surface area contributed by atoms with Crippen LogP contribution in [0.15, 0.2) is 230 Å². The lowest BCUT2D eigenvalue weighted by Crippen LogP contribution is -2.61. The maximum atomic E-state index is 7.51. The highest BCUT2D eigenvalue weighted by molar-refractivity contribution is 8.34. The molecule has 0 N–H and O–H groups in total. The number of nitrogens with zero attached hydrogens (tertiary/aromatic N) is 2. The van der Waals surface area contributed by atoms with Gasteiger partial charge >= 0.3 is 0 Å². The van der Waals surface area contributed by atoms with Gasteiger partial charge < -0.3 is 9.32 Å². The number of benzene rings is 9. The van der Waals surface area contributed by atoms with E-state index in [9.17, 15) is 0 Å². The molecule has 0 amide bonds. The van der Waals surface area contributed by atoms with Crippen molar-refractivity contribution in [2.45, 2.75) is 150 Å². The van der Waals surface area contributed by atoms with Gasteiger partial charge in [0.2, 0.25) is 5.88 Å². The Hall–Kier alpha value is -7.47. The van der Waals surface area contributed by atoms with E-state index in [2.05, 4.69) is 306 Å². The quantitative estimate of drug-likeness (QED) is 0.148. The van der Waals surface area contributed by atoms with E-state index in [0.717, 1.165) is 52.5 Å². The monoisotopic (exact) mass is 1080 g/mol. The number of furan rings is 1. The first-order valence-corrected chi connectivity index (χ1v) is 31.0. The highest BCUT2D eigenvalue weighted by atomic mass is 32.3. The number of anilines is 6. The van der Waals surface area contributed by atoms with Crippen LogP contribution in [0, 0.1) is 0 Å². The van der Waals surface area contributed by atoms with Gasteiger partial charge in [-0.2, -0.15) is 0 Å². The van der Waals surface area contributed by atoms with Crippen LogP contribution in [0.25, 0.3) is 22.1 Å². The van der Waals surface area contributed by atoms with E-state index in [0.29, 0.717) is 0 Å². The molecule has 81 heavy (non-hydrogen) atoms. The van der Waals surface area contributed by atoms with E-state index < -0.39 is 10.0 Å². The minimum atomic E-state index is -1.99. The van der Waals surface area contributed by atoms with Crippen LogP contribution in [0.2, 0.25) is 0 Å². The van der Waals surface area contributed by atoms with Crippen molar-refractivity contribution in [2.24, 2.45) is 0 Å². The van der Waals surface area contributed by atoms with Crippen LogP contribution in [-0.2, 0) is 27.1 Å². The molecule has 3 heterocycles. The molecule has 2 aliphatic heterocycles. The lowest BCUT2D eigenvalue weighted by molar-refractivity contribution is 0.332. The second-order valence-electron chi connectivity index (χ2n) is 27.7. The number of hydrogen-bond donors (Lipinski definition) is 0. The van der Waals surface area contributed by atoms with E-state index in [1.165, 1.54) is 80.5 Å². The summed E-state index contributed by atoms with van der Waals surface area (Å²) in [6, 6.07) is 79.3. The maximum absolute atomic E-state index is 7.51. The zero-order chi connectivity index (χ0) is 56.6. The molecule has 0 radical (unpaired) electrons. The number of hydrogen-bond acceptors (Lipinski definition) is 3. The van der Waals surface area contributed by atoms with Crippen molar-refractivity contribution in [1.29, 1.82) is 0 Å². The minimum Gasteiger partial charge on any atom is -0.440 e. The van der Waals surface area contributed by atoms with E-state index in [1.54, 1.807) is 0 Å². The Morgan fingerprint density at radius 1 is 0.407 bits per heavy atom. The molecule has 0 saturated carbocycles. The molecular weight excluding hydrogens is 1000 g/mol. The summed E-state index contributed by atoms with van der Waals surface area (Å²) in [5.41, 5.74) is 19.6. The van der Waals surface area contributed by atoms with Crippen molar-refractivity contribution < 1.29 is 4.42 Å². The fraction of sp³-hybridized carbons (Fsp3) is 0.263. The summed E-state index contributed by atoms with van der Waals surface area (Å²) < 4.78 is 7.51. The molecule has 9 aromatic carbocycles. The van der Waals surface area contributed by atoms with Gasteiger partial charge in [-0.05, 0) is 193 Å². The summed E-state index contributed by atoms with van der Waals surface area (Å²) in [4.78, 5) is 10.3. The second-order valence-corrected chi connectivity index (χ2v) is 30.8. The number of fused-ring (bicyclic) bond motifs is 7. The summed E-state index contributed by atoms with van der Waals surface area (Å²) in [5.74, 6) is 0.890. The van der Waals surface area contributed by atoms with Crippen LogP contribution in [0.4, 0.5) is 34.3 Å². The molecule has 3 aliphatic rings. The van der Waals surface area contributed by atoms with E-state index in [-0.39, 0.29) is 33.8 Å². The molecule has 3 nitrogen and oxygen atoms in total. The first-order chi connectivity index (χ1) is 38.5. The first-order valence-electron chi connectivity index (χ1n) is 29.4. The predicted molar refractivity (Wildman–Crippen MR) is 347 cm³/mol. The normalized spacial score (nSPS) is 15.7. The molecule has 0 atom stereocenters. The van der Waals surface area contributed by atoms with Gasteiger partial charge in [0, 0.05) is 58.9 Å². The van der Waals surface area contributed by atoms with Gasteiger partial charge in [0.1, 0.15) is 5.58 Å². The van der Waals surface area contributed by atoms with E-state index in [4.69, 9.17) is 4.42 Å². The average Bonchev–Trinajstić information content (AvgIpc) is 3.72. The highest BCUT2D eigenvalue weighted by Crippen LogP contribution is 2.73. The van der Waals surface area contributed by atoms with Crippen LogP contribution in [0.1, 0.15) is 131 Å². The summed E-state index contributed by atoms with van der Waals surface area (Å²) in [6.45, 7) is 30.6. The van der Waals surface area contributed by atoms with E-state index in [1.807, 2.05) is 0 Å². The molecule has 406 valence electrons. The molecule has 0 bridgehead atoms. The topological polar surface area (TPSA) is 19.6 Å². The molecule has 1 aromatic heterocycles. The van der Waals surface area contributed by atoms with Gasteiger partial charge in [-0.15, -0.1) is 10.0 Å². The third-order valence-corrected chi connectivity index (χ3v) is 22.2. The van der Waals surface area contributed by atoms with Gasteiger partial charge in [-0.1, -0.05) is 193 Å².